The average molecular weight is 117 g/mol. The molecule has 1 unspecified atom stereocenters. The van der Waals surface area contributed by atoms with E-state index in [1.165, 1.54) is 0 Å². The molecule has 0 spiro atoms. The lowest BCUT2D eigenvalue weighted by molar-refractivity contribution is 0.279. The molecular formula is C6H15NO. The summed E-state index contributed by atoms with van der Waals surface area (Å²) < 4.78 is 0. The molecule has 0 aliphatic carbocycles. The van der Waals surface area contributed by atoms with Crippen LogP contribution in [0.5, 0.6) is 0 Å². The monoisotopic (exact) mass is 117 g/mol. The van der Waals surface area contributed by atoms with E-state index in [-0.39, 0.29) is 20.1 Å². The second-order valence-corrected chi connectivity index (χ2v) is 1.64. The summed E-state index contributed by atoms with van der Waals surface area (Å²) in [6.07, 6.45) is 0. The third kappa shape index (κ3) is 3.84. The van der Waals surface area contributed by atoms with E-state index in [9.17, 15) is 0 Å². The first-order valence-corrected chi connectivity index (χ1v) is 2.20. The van der Waals surface area contributed by atoms with Gasteiger partial charge in [0.05, 0.1) is 6.61 Å². The number of aliphatic hydroxyl groups excluding tert-OH is 1. The Balaban J connectivity index is 0. The smallest absolute Gasteiger partial charge is 0.0620 e. The quantitative estimate of drug-likeness (QED) is 0.518. The normalized spacial score (nSPS) is 11.9. The van der Waals surface area contributed by atoms with Gasteiger partial charge in [-0.15, -0.1) is 0 Å². The Hall–Kier alpha value is -0.340. The molecule has 0 aliphatic heterocycles. The van der Waals surface area contributed by atoms with Gasteiger partial charge in [-0.1, -0.05) is 19.6 Å². The standard InChI is InChI=1S/C5H11NO.CH4/c1-4(2)5(6)3-7;/h5,7H,1,3,6H2,2H3;1H4. The molecule has 2 heteroatoms. The SMILES string of the molecule is C.C=C(C)C(N)CO. The van der Waals surface area contributed by atoms with E-state index < -0.39 is 0 Å². The van der Waals surface area contributed by atoms with Crippen molar-refractivity contribution < 1.29 is 5.11 Å². The summed E-state index contributed by atoms with van der Waals surface area (Å²) in [6, 6.07) is -0.236. The predicted octanol–water partition coefficient (Wildman–Crippen LogP) is 0.518. The zero-order valence-corrected chi connectivity index (χ0v) is 4.52. The van der Waals surface area contributed by atoms with Crippen LogP contribution in [0, 0.1) is 0 Å². The lowest BCUT2D eigenvalue weighted by atomic mass is 10.2. The van der Waals surface area contributed by atoms with Gasteiger partial charge in [-0.3, -0.25) is 0 Å². The van der Waals surface area contributed by atoms with Gasteiger partial charge in [-0.05, 0) is 6.92 Å². The first-order chi connectivity index (χ1) is 3.18. The van der Waals surface area contributed by atoms with Crippen molar-refractivity contribution in [2.24, 2.45) is 5.73 Å². The van der Waals surface area contributed by atoms with E-state index in [4.69, 9.17) is 10.8 Å². The van der Waals surface area contributed by atoms with E-state index in [1.54, 1.807) is 6.92 Å². The van der Waals surface area contributed by atoms with E-state index in [0.717, 1.165) is 5.57 Å². The second kappa shape index (κ2) is 4.81. The van der Waals surface area contributed by atoms with Gasteiger partial charge in [0.15, 0.2) is 0 Å². The van der Waals surface area contributed by atoms with Crippen LogP contribution in [-0.4, -0.2) is 17.8 Å². The van der Waals surface area contributed by atoms with Crippen LogP contribution < -0.4 is 5.73 Å². The van der Waals surface area contributed by atoms with Crippen molar-refractivity contribution in [1.29, 1.82) is 0 Å². The minimum Gasteiger partial charge on any atom is -0.394 e. The molecule has 0 rings (SSSR count). The van der Waals surface area contributed by atoms with Crippen molar-refractivity contribution in [1.82, 2.24) is 0 Å². The minimum absolute atomic E-state index is 0. The molecule has 0 saturated heterocycles. The third-order valence-corrected chi connectivity index (χ3v) is 0.830. The molecular weight excluding hydrogens is 102 g/mol. The zero-order chi connectivity index (χ0) is 5.86. The van der Waals surface area contributed by atoms with Gasteiger partial charge in [-0.2, -0.15) is 0 Å². The Kier molecular flexibility index (Phi) is 6.38. The van der Waals surface area contributed by atoms with E-state index >= 15 is 0 Å². The molecule has 0 heterocycles. The highest BCUT2D eigenvalue weighted by molar-refractivity contribution is 4.98. The molecule has 0 radical (unpaired) electrons. The molecule has 0 aromatic carbocycles. The largest absolute Gasteiger partial charge is 0.394 e. The molecule has 0 aromatic rings. The first kappa shape index (κ1) is 10.6. The lowest BCUT2D eigenvalue weighted by Gasteiger charge is -2.03. The molecule has 0 fully saturated rings. The molecule has 0 amide bonds. The number of aliphatic hydroxyl groups is 1. The van der Waals surface area contributed by atoms with Crippen LogP contribution in [0.4, 0.5) is 0 Å². The molecule has 0 aromatic heterocycles. The highest BCUT2D eigenvalue weighted by Crippen LogP contribution is 1.89. The summed E-state index contributed by atoms with van der Waals surface area (Å²) in [5.41, 5.74) is 6.09. The van der Waals surface area contributed by atoms with Crippen molar-refractivity contribution >= 4 is 0 Å². The topological polar surface area (TPSA) is 46.2 Å². The van der Waals surface area contributed by atoms with Crippen LogP contribution in [-0.2, 0) is 0 Å². The molecule has 8 heavy (non-hydrogen) atoms. The molecule has 50 valence electrons. The van der Waals surface area contributed by atoms with Crippen LogP contribution in [0.25, 0.3) is 0 Å². The third-order valence-electron chi connectivity index (χ3n) is 0.830. The second-order valence-electron chi connectivity index (χ2n) is 1.64. The van der Waals surface area contributed by atoms with Crippen molar-refractivity contribution in [2.75, 3.05) is 6.61 Å². The highest BCUT2D eigenvalue weighted by Gasteiger charge is 1.96. The zero-order valence-electron chi connectivity index (χ0n) is 4.52. The van der Waals surface area contributed by atoms with Gasteiger partial charge in [-0.25, -0.2) is 0 Å². The van der Waals surface area contributed by atoms with Crippen LogP contribution >= 0.6 is 0 Å². The van der Waals surface area contributed by atoms with Crippen molar-refractivity contribution in [2.45, 2.75) is 20.4 Å². The van der Waals surface area contributed by atoms with Crippen molar-refractivity contribution in [3.63, 3.8) is 0 Å². The predicted molar refractivity (Wildman–Crippen MR) is 36.6 cm³/mol. The van der Waals surface area contributed by atoms with Crippen LogP contribution in [0.15, 0.2) is 12.2 Å². The maximum absolute atomic E-state index is 8.32. The fourth-order valence-corrected chi connectivity index (χ4v) is 0.156. The van der Waals surface area contributed by atoms with Gasteiger partial charge < -0.3 is 10.8 Å². The number of rotatable bonds is 2. The highest BCUT2D eigenvalue weighted by atomic mass is 16.3. The molecule has 0 saturated carbocycles. The number of nitrogens with two attached hydrogens (primary N) is 1. The van der Waals surface area contributed by atoms with Gasteiger partial charge in [0.25, 0.3) is 0 Å². The van der Waals surface area contributed by atoms with Gasteiger partial charge in [0.1, 0.15) is 0 Å². The summed E-state index contributed by atoms with van der Waals surface area (Å²) >= 11 is 0. The first-order valence-electron chi connectivity index (χ1n) is 2.20. The van der Waals surface area contributed by atoms with Gasteiger partial charge >= 0.3 is 0 Å². The van der Waals surface area contributed by atoms with E-state index in [2.05, 4.69) is 6.58 Å². The Bertz CT molecular complexity index is 70.9. The molecule has 3 N–H and O–H groups in total. The summed E-state index contributed by atoms with van der Waals surface area (Å²) in [7, 11) is 0. The fraction of sp³-hybridized carbons (Fsp3) is 0.667. The van der Waals surface area contributed by atoms with Gasteiger partial charge in [0, 0.05) is 6.04 Å². The average Bonchev–Trinajstić information content (AvgIpc) is 1.65. The number of hydrogen-bond donors (Lipinski definition) is 2. The van der Waals surface area contributed by atoms with E-state index in [1.807, 2.05) is 0 Å². The molecule has 2 nitrogen and oxygen atoms in total. The Morgan fingerprint density at radius 3 is 2.25 bits per heavy atom. The Labute approximate surface area is 51.0 Å². The van der Waals surface area contributed by atoms with E-state index in [0.29, 0.717) is 0 Å². The molecule has 1 atom stereocenters. The molecule has 0 aliphatic rings. The van der Waals surface area contributed by atoms with Crippen LogP contribution in [0.3, 0.4) is 0 Å². The van der Waals surface area contributed by atoms with Crippen LogP contribution in [0.2, 0.25) is 0 Å². The lowest BCUT2D eigenvalue weighted by Crippen LogP contribution is -2.24. The van der Waals surface area contributed by atoms with Crippen LogP contribution in [0.1, 0.15) is 14.4 Å². The maximum atomic E-state index is 8.32. The molecule has 0 bridgehead atoms. The summed E-state index contributed by atoms with van der Waals surface area (Å²) in [5.74, 6) is 0. The Morgan fingerprint density at radius 1 is 1.88 bits per heavy atom. The Morgan fingerprint density at radius 2 is 2.25 bits per heavy atom. The van der Waals surface area contributed by atoms with Crippen molar-refractivity contribution in [3.05, 3.63) is 12.2 Å². The van der Waals surface area contributed by atoms with Gasteiger partial charge in [0.2, 0.25) is 0 Å². The number of hydrogen-bond acceptors (Lipinski definition) is 2. The summed E-state index contributed by atoms with van der Waals surface area (Å²) in [4.78, 5) is 0. The minimum atomic E-state index is -0.236. The fourth-order valence-electron chi connectivity index (χ4n) is 0.156. The summed E-state index contributed by atoms with van der Waals surface area (Å²) in [6.45, 7) is 5.33. The maximum Gasteiger partial charge on any atom is 0.0620 e. The summed E-state index contributed by atoms with van der Waals surface area (Å²) in [5, 5.41) is 8.32. The van der Waals surface area contributed by atoms with Crippen molar-refractivity contribution in [3.8, 4) is 0 Å².